The zero-order chi connectivity index (χ0) is 19.3. The van der Waals surface area contributed by atoms with Crippen LogP contribution in [0.1, 0.15) is 10.4 Å². The maximum Gasteiger partial charge on any atom is 0.573 e. The average molecular weight is 372 g/mol. The van der Waals surface area contributed by atoms with E-state index in [0.717, 1.165) is 30.3 Å². The first-order valence-corrected chi connectivity index (χ1v) is 6.92. The van der Waals surface area contributed by atoms with E-state index in [1.807, 2.05) is 0 Å². The third-order valence-corrected chi connectivity index (χ3v) is 2.93. The number of hydrogen-bond acceptors (Lipinski definition) is 4. The lowest BCUT2D eigenvalue weighted by Gasteiger charge is -2.14. The van der Waals surface area contributed by atoms with Gasteiger partial charge < -0.3 is 15.4 Å². The standard InChI is InChI=1S/C15H12F4N4O3/c16-8-2-1-3-9(6-8)21-14(25)22-12-7-10(26-15(17,18)19)4-5-11(12)13(24)23-20/h1-7H,20H2,(H,23,24)(H2,21,22,25). The Hall–Kier alpha value is -3.34. The molecule has 0 atom stereocenters. The molecule has 138 valence electrons. The highest BCUT2D eigenvalue weighted by Gasteiger charge is 2.31. The molecule has 0 saturated carbocycles. The van der Waals surface area contributed by atoms with E-state index >= 15 is 0 Å². The van der Waals surface area contributed by atoms with Crippen LogP contribution in [0.4, 0.5) is 33.7 Å². The number of nitrogens with two attached hydrogens (primary N) is 1. The Kier molecular flexibility index (Phi) is 5.62. The summed E-state index contributed by atoms with van der Waals surface area (Å²) in [7, 11) is 0. The van der Waals surface area contributed by atoms with Crippen LogP contribution in [0.15, 0.2) is 42.5 Å². The highest BCUT2D eigenvalue weighted by molar-refractivity contribution is 6.06. The molecule has 2 aromatic carbocycles. The summed E-state index contributed by atoms with van der Waals surface area (Å²) in [6.45, 7) is 0. The van der Waals surface area contributed by atoms with Crippen molar-refractivity contribution in [2.45, 2.75) is 6.36 Å². The summed E-state index contributed by atoms with van der Waals surface area (Å²) >= 11 is 0. The number of ether oxygens (including phenoxy) is 1. The molecule has 11 heteroatoms. The van der Waals surface area contributed by atoms with Gasteiger partial charge in [0.2, 0.25) is 0 Å². The van der Waals surface area contributed by atoms with Gasteiger partial charge in [-0.1, -0.05) is 6.07 Å². The van der Waals surface area contributed by atoms with Gasteiger partial charge in [-0.05, 0) is 30.3 Å². The lowest BCUT2D eigenvalue weighted by molar-refractivity contribution is -0.274. The first kappa shape index (κ1) is 19.0. The van der Waals surface area contributed by atoms with E-state index < -0.39 is 29.9 Å². The van der Waals surface area contributed by atoms with E-state index in [-0.39, 0.29) is 16.9 Å². The number of nitrogen functional groups attached to an aromatic ring is 1. The van der Waals surface area contributed by atoms with Crippen molar-refractivity contribution in [3.05, 3.63) is 53.8 Å². The van der Waals surface area contributed by atoms with Gasteiger partial charge in [0.15, 0.2) is 0 Å². The number of benzene rings is 2. The molecule has 3 amide bonds. The fraction of sp³-hybridized carbons (Fsp3) is 0.0667. The van der Waals surface area contributed by atoms with Crippen molar-refractivity contribution in [3.63, 3.8) is 0 Å². The summed E-state index contributed by atoms with van der Waals surface area (Å²) in [5.41, 5.74) is 1.38. The molecule has 0 heterocycles. The Morgan fingerprint density at radius 1 is 1.04 bits per heavy atom. The first-order chi connectivity index (χ1) is 12.2. The summed E-state index contributed by atoms with van der Waals surface area (Å²) in [6.07, 6.45) is -4.96. The minimum atomic E-state index is -4.96. The largest absolute Gasteiger partial charge is 0.573 e. The maximum absolute atomic E-state index is 13.1. The summed E-state index contributed by atoms with van der Waals surface area (Å²) in [4.78, 5) is 23.7. The normalized spacial score (nSPS) is 10.8. The van der Waals surface area contributed by atoms with Gasteiger partial charge in [0, 0.05) is 11.8 Å². The number of rotatable bonds is 4. The fourth-order valence-electron chi connectivity index (χ4n) is 1.95. The van der Waals surface area contributed by atoms with Crippen LogP contribution in [-0.4, -0.2) is 18.3 Å². The Morgan fingerprint density at radius 2 is 1.77 bits per heavy atom. The van der Waals surface area contributed by atoms with E-state index in [4.69, 9.17) is 5.84 Å². The van der Waals surface area contributed by atoms with Crippen LogP contribution in [-0.2, 0) is 0 Å². The molecule has 7 nitrogen and oxygen atoms in total. The number of halogens is 4. The zero-order valence-corrected chi connectivity index (χ0v) is 12.9. The molecule has 0 saturated heterocycles. The third kappa shape index (κ3) is 5.34. The minimum Gasteiger partial charge on any atom is -0.406 e. The van der Waals surface area contributed by atoms with E-state index in [9.17, 15) is 27.2 Å². The van der Waals surface area contributed by atoms with Gasteiger partial charge in [-0.25, -0.2) is 15.0 Å². The number of anilines is 2. The van der Waals surface area contributed by atoms with Gasteiger partial charge >= 0.3 is 12.4 Å². The Balaban J connectivity index is 2.25. The summed E-state index contributed by atoms with van der Waals surface area (Å²) in [6, 6.07) is 6.65. The van der Waals surface area contributed by atoms with Crippen LogP contribution in [0.3, 0.4) is 0 Å². The minimum absolute atomic E-state index is 0.0926. The molecule has 26 heavy (non-hydrogen) atoms. The lowest BCUT2D eigenvalue weighted by atomic mass is 10.1. The van der Waals surface area contributed by atoms with Crippen molar-refractivity contribution in [1.29, 1.82) is 0 Å². The Bertz CT molecular complexity index is 827. The molecule has 0 aliphatic carbocycles. The molecule has 0 spiro atoms. The average Bonchev–Trinajstić information content (AvgIpc) is 2.52. The van der Waals surface area contributed by atoms with Gasteiger partial charge in [0.1, 0.15) is 11.6 Å². The predicted octanol–water partition coefficient (Wildman–Crippen LogP) is 2.97. The quantitative estimate of drug-likeness (QED) is 0.287. The van der Waals surface area contributed by atoms with E-state index in [2.05, 4.69) is 15.4 Å². The first-order valence-electron chi connectivity index (χ1n) is 6.92. The number of amides is 3. The van der Waals surface area contributed by atoms with Crippen LogP contribution in [0.25, 0.3) is 0 Å². The van der Waals surface area contributed by atoms with Crippen molar-refractivity contribution in [1.82, 2.24) is 5.43 Å². The predicted molar refractivity (Wildman–Crippen MR) is 83.8 cm³/mol. The molecular weight excluding hydrogens is 360 g/mol. The van der Waals surface area contributed by atoms with E-state index in [0.29, 0.717) is 0 Å². The maximum atomic E-state index is 13.1. The van der Waals surface area contributed by atoms with Crippen molar-refractivity contribution in [2.24, 2.45) is 5.84 Å². The van der Waals surface area contributed by atoms with Crippen molar-refractivity contribution in [3.8, 4) is 5.75 Å². The van der Waals surface area contributed by atoms with E-state index in [1.54, 1.807) is 5.43 Å². The summed E-state index contributed by atoms with van der Waals surface area (Å²) in [5, 5.41) is 4.45. The summed E-state index contributed by atoms with van der Waals surface area (Å²) in [5.74, 6) is 2.88. The lowest BCUT2D eigenvalue weighted by Crippen LogP contribution is -2.31. The van der Waals surface area contributed by atoms with Crippen molar-refractivity contribution in [2.75, 3.05) is 10.6 Å². The highest BCUT2D eigenvalue weighted by Crippen LogP contribution is 2.28. The van der Waals surface area contributed by atoms with Gasteiger partial charge in [-0.2, -0.15) is 0 Å². The number of urea groups is 1. The smallest absolute Gasteiger partial charge is 0.406 e. The number of hydrogen-bond donors (Lipinski definition) is 4. The zero-order valence-electron chi connectivity index (χ0n) is 12.9. The highest BCUT2D eigenvalue weighted by atomic mass is 19.4. The van der Waals surface area contributed by atoms with E-state index in [1.165, 1.54) is 12.1 Å². The number of carbonyl (C=O) groups is 2. The van der Waals surface area contributed by atoms with Crippen LogP contribution < -0.4 is 26.6 Å². The SMILES string of the molecule is NNC(=O)c1ccc(OC(F)(F)F)cc1NC(=O)Nc1cccc(F)c1. The second-order valence-electron chi connectivity index (χ2n) is 4.82. The number of carbonyl (C=O) groups excluding carboxylic acids is 2. The molecule has 2 aromatic rings. The molecule has 0 aromatic heterocycles. The van der Waals surface area contributed by atoms with Crippen LogP contribution in [0.2, 0.25) is 0 Å². The van der Waals surface area contributed by atoms with Crippen LogP contribution >= 0.6 is 0 Å². The topological polar surface area (TPSA) is 105 Å². The molecule has 0 unspecified atom stereocenters. The van der Waals surface area contributed by atoms with Gasteiger partial charge in [-0.3, -0.25) is 10.2 Å². The molecule has 5 N–H and O–H groups in total. The number of nitrogens with one attached hydrogen (secondary N) is 3. The molecule has 2 rings (SSSR count). The molecule has 0 bridgehead atoms. The Morgan fingerprint density at radius 3 is 2.38 bits per heavy atom. The summed E-state index contributed by atoms with van der Waals surface area (Å²) < 4.78 is 53.8. The molecule has 0 aliphatic heterocycles. The fourth-order valence-corrected chi connectivity index (χ4v) is 1.95. The van der Waals surface area contributed by atoms with Crippen molar-refractivity contribution >= 4 is 23.3 Å². The van der Waals surface area contributed by atoms with Gasteiger partial charge in [0.25, 0.3) is 5.91 Å². The molecule has 0 aliphatic rings. The van der Waals surface area contributed by atoms with Crippen LogP contribution in [0, 0.1) is 5.82 Å². The van der Waals surface area contributed by atoms with Crippen LogP contribution in [0.5, 0.6) is 5.75 Å². The molecule has 0 fully saturated rings. The third-order valence-electron chi connectivity index (χ3n) is 2.93. The second-order valence-corrected chi connectivity index (χ2v) is 4.82. The van der Waals surface area contributed by atoms with Gasteiger partial charge in [0.05, 0.1) is 11.3 Å². The second kappa shape index (κ2) is 7.70. The Labute approximate surface area is 144 Å². The van der Waals surface area contributed by atoms with Crippen molar-refractivity contribution < 1.29 is 31.9 Å². The number of hydrazine groups is 1. The molecular formula is C15H12F4N4O3. The molecule has 0 radical (unpaired) electrons. The van der Waals surface area contributed by atoms with Gasteiger partial charge in [-0.15, -0.1) is 13.2 Å². The number of alkyl halides is 3. The monoisotopic (exact) mass is 372 g/mol.